The van der Waals surface area contributed by atoms with Gasteiger partial charge in [-0.3, -0.25) is 4.90 Å². The molecule has 0 saturated carbocycles. The summed E-state index contributed by atoms with van der Waals surface area (Å²) in [6, 6.07) is 0. The molecule has 3 heteroatoms. The van der Waals surface area contributed by atoms with Gasteiger partial charge in [-0.2, -0.15) is 11.8 Å². The van der Waals surface area contributed by atoms with Crippen molar-refractivity contribution in [1.29, 1.82) is 0 Å². The quantitative estimate of drug-likeness (QED) is 0.785. The molecule has 0 atom stereocenters. The zero-order chi connectivity index (χ0) is 10.6. The normalized spacial score (nSPS) is 28.6. The van der Waals surface area contributed by atoms with Crippen LogP contribution in [0.4, 0.5) is 0 Å². The number of thioether (sulfide) groups is 1. The van der Waals surface area contributed by atoms with Crippen LogP contribution in [0.2, 0.25) is 0 Å². The molecule has 88 valence electrons. The number of nitrogens with two attached hydrogens (primary N) is 1. The summed E-state index contributed by atoms with van der Waals surface area (Å²) in [5, 5.41) is 0. The van der Waals surface area contributed by atoms with E-state index in [0.717, 1.165) is 6.54 Å². The average molecular weight is 228 g/mol. The first kappa shape index (κ1) is 11.7. The Bertz CT molecular complexity index is 182. The van der Waals surface area contributed by atoms with E-state index in [0.29, 0.717) is 5.54 Å². The van der Waals surface area contributed by atoms with Gasteiger partial charge in [-0.15, -0.1) is 0 Å². The highest BCUT2D eigenvalue weighted by Crippen LogP contribution is 2.33. The summed E-state index contributed by atoms with van der Waals surface area (Å²) in [6.45, 7) is 3.46. The van der Waals surface area contributed by atoms with Crippen LogP contribution in [0.25, 0.3) is 0 Å². The van der Waals surface area contributed by atoms with E-state index in [9.17, 15) is 0 Å². The summed E-state index contributed by atoms with van der Waals surface area (Å²) in [7, 11) is 0. The van der Waals surface area contributed by atoms with Crippen LogP contribution < -0.4 is 5.73 Å². The molecular formula is C12H24N2S. The Hall–Kier alpha value is 0.270. The third-order valence-corrected chi connectivity index (χ3v) is 5.07. The smallest absolute Gasteiger partial charge is 0.0347 e. The van der Waals surface area contributed by atoms with E-state index in [1.165, 1.54) is 63.1 Å². The van der Waals surface area contributed by atoms with Crippen LogP contribution in [0.15, 0.2) is 0 Å². The molecule has 0 unspecified atom stereocenters. The van der Waals surface area contributed by atoms with Gasteiger partial charge in [-0.25, -0.2) is 0 Å². The van der Waals surface area contributed by atoms with E-state index >= 15 is 0 Å². The molecular weight excluding hydrogens is 204 g/mol. The fourth-order valence-corrected chi connectivity index (χ4v) is 4.20. The highest BCUT2D eigenvalue weighted by atomic mass is 32.2. The molecule has 2 aliphatic rings. The zero-order valence-corrected chi connectivity index (χ0v) is 10.5. The van der Waals surface area contributed by atoms with E-state index in [4.69, 9.17) is 5.73 Å². The number of nitrogens with zero attached hydrogens (tertiary/aromatic N) is 1. The van der Waals surface area contributed by atoms with Gasteiger partial charge in [0.15, 0.2) is 0 Å². The van der Waals surface area contributed by atoms with E-state index < -0.39 is 0 Å². The first-order valence-corrected chi connectivity index (χ1v) is 7.56. The van der Waals surface area contributed by atoms with Crippen molar-refractivity contribution in [2.24, 2.45) is 5.73 Å². The monoisotopic (exact) mass is 228 g/mol. The Morgan fingerprint density at radius 3 is 2.13 bits per heavy atom. The lowest BCUT2D eigenvalue weighted by Crippen LogP contribution is -2.56. The largest absolute Gasteiger partial charge is 0.329 e. The van der Waals surface area contributed by atoms with Crippen molar-refractivity contribution in [1.82, 2.24) is 4.90 Å². The molecule has 2 aliphatic heterocycles. The van der Waals surface area contributed by atoms with Crippen molar-refractivity contribution in [3.05, 3.63) is 0 Å². The molecule has 0 aromatic carbocycles. The van der Waals surface area contributed by atoms with Crippen LogP contribution in [0.5, 0.6) is 0 Å². The van der Waals surface area contributed by atoms with Crippen molar-refractivity contribution >= 4 is 11.8 Å². The molecule has 2 N–H and O–H groups in total. The van der Waals surface area contributed by atoms with Crippen LogP contribution in [0.3, 0.4) is 0 Å². The standard InChI is InChI=1S/C12H24N2S/c13-11-12(5-9-15-10-6-12)14-7-3-1-2-4-8-14/h1-11,13H2. The molecule has 2 rings (SSSR count). The van der Waals surface area contributed by atoms with Gasteiger partial charge in [0.05, 0.1) is 0 Å². The Morgan fingerprint density at radius 2 is 1.60 bits per heavy atom. The minimum atomic E-state index is 0.371. The lowest BCUT2D eigenvalue weighted by atomic mass is 9.89. The molecule has 2 saturated heterocycles. The van der Waals surface area contributed by atoms with Gasteiger partial charge in [-0.05, 0) is 50.3 Å². The second-order valence-electron chi connectivity index (χ2n) is 4.94. The Balaban J connectivity index is 2.01. The third-order valence-electron chi connectivity index (χ3n) is 4.08. The van der Waals surface area contributed by atoms with Crippen LogP contribution in [-0.4, -0.2) is 41.6 Å². The molecule has 2 nitrogen and oxygen atoms in total. The minimum absolute atomic E-state index is 0.371. The minimum Gasteiger partial charge on any atom is -0.329 e. The average Bonchev–Trinajstić information content (AvgIpc) is 2.59. The molecule has 2 heterocycles. The summed E-state index contributed by atoms with van der Waals surface area (Å²) in [4.78, 5) is 2.72. The molecule has 0 bridgehead atoms. The van der Waals surface area contributed by atoms with E-state index in [2.05, 4.69) is 16.7 Å². The van der Waals surface area contributed by atoms with Crippen LogP contribution in [-0.2, 0) is 0 Å². The molecule has 15 heavy (non-hydrogen) atoms. The van der Waals surface area contributed by atoms with Gasteiger partial charge in [0.25, 0.3) is 0 Å². The Kier molecular flexibility index (Phi) is 4.35. The van der Waals surface area contributed by atoms with E-state index in [1.54, 1.807) is 0 Å². The predicted octanol–water partition coefficient (Wildman–Crippen LogP) is 2.09. The molecule has 0 aromatic heterocycles. The number of hydrogen-bond donors (Lipinski definition) is 1. The predicted molar refractivity (Wildman–Crippen MR) is 68.4 cm³/mol. The lowest BCUT2D eigenvalue weighted by molar-refractivity contribution is 0.0886. The summed E-state index contributed by atoms with van der Waals surface area (Å²) in [6.07, 6.45) is 8.24. The number of rotatable bonds is 2. The van der Waals surface area contributed by atoms with Gasteiger partial charge in [0.2, 0.25) is 0 Å². The molecule has 0 spiro atoms. The van der Waals surface area contributed by atoms with Gasteiger partial charge in [0.1, 0.15) is 0 Å². The van der Waals surface area contributed by atoms with Crippen molar-refractivity contribution in [2.45, 2.75) is 44.1 Å². The second kappa shape index (κ2) is 5.55. The third kappa shape index (κ3) is 2.69. The maximum atomic E-state index is 6.07. The molecule has 2 fully saturated rings. The van der Waals surface area contributed by atoms with Crippen molar-refractivity contribution in [2.75, 3.05) is 31.1 Å². The first-order chi connectivity index (χ1) is 7.37. The highest BCUT2D eigenvalue weighted by molar-refractivity contribution is 7.99. The summed E-state index contributed by atoms with van der Waals surface area (Å²) in [5.41, 5.74) is 6.44. The van der Waals surface area contributed by atoms with Gasteiger partial charge >= 0.3 is 0 Å². The van der Waals surface area contributed by atoms with Crippen LogP contribution >= 0.6 is 11.8 Å². The summed E-state index contributed by atoms with van der Waals surface area (Å²) in [5.74, 6) is 2.63. The Morgan fingerprint density at radius 1 is 1.00 bits per heavy atom. The molecule has 0 aromatic rings. The van der Waals surface area contributed by atoms with E-state index in [1.807, 2.05) is 0 Å². The fraction of sp³-hybridized carbons (Fsp3) is 1.00. The van der Waals surface area contributed by atoms with Crippen LogP contribution in [0.1, 0.15) is 38.5 Å². The fourth-order valence-electron chi connectivity index (χ4n) is 2.95. The van der Waals surface area contributed by atoms with Crippen molar-refractivity contribution in [3.63, 3.8) is 0 Å². The first-order valence-electron chi connectivity index (χ1n) is 6.40. The van der Waals surface area contributed by atoms with Crippen molar-refractivity contribution < 1.29 is 0 Å². The zero-order valence-electron chi connectivity index (χ0n) is 9.71. The second-order valence-corrected chi connectivity index (χ2v) is 6.17. The number of likely N-dealkylation sites (tertiary alicyclic amines) is 1. The molecule has 0 aliphatic carbocycles. The van der Waals surface area contributed by atoms with Gasteiger partial charge in [-0.1, -0.05) is 12.8 Å². The maximum Gasteiger partial charge on any atom is 0.0347 e. The Labute approximate surface area is 98.0 Å². The topological polar surface area (TPSA) is 29.3 Å². The number of hydrogen-bond acceptors (Lipinski definition) is 3. The van der Waals surface area contributed by atoms with Crippen molar-refractivity contribution in [3.8, 4) is 0 Å². The summed E-state index contributed by atoms with van der Waals surface area (Å²) >= 11 is 2.10. The van der Waals surface area contributed by atoms with Gasteiger partial charge < -0.3 is 5.73 Å². The molecule has 0 amide bonds. The highest BCUT2D eigenvalue weighted by Gasteiger charge is 2.36. The summed E-state index contributed by atoms with van der Waals surface area (Å²) < 4.78 is 0. The van der Waals surface area contributed by atoms with E-state index in [-0.39, 0.29) is 0 Å². The maximum absolute atomic E-state index is 6.07. The molecule has 0 radical (unpaired) electrons. The lowest BCUT2D eigenvalue weighted by Gasteiger charge is -2.45. The SMILES string of the molecule is NCC1(N2CCCCCC2)CCSCC1. The van der Waals surface area contributed by atoms with Crippen LogP contribution in [0, 0.1) is 0 Å². The van der Waals surface area contributed by atoms with Gasteiger partial charge in [0, 0.05) is 12.1 Å².